The molecule has 5 nitrogen and oxygen atoms in total. The van der Waals surface area contributed by atoms with Gasteiger partial charge in [-0.1, -0.05) is 30.3 Å². The minimum Gasteiger partial charge on any atom is -0.322 e. The van der Waals surface area contributed by atoms with E-state index in [1.54, 1.807) is 31.2 Å². The lowest BCUT2D eigenvalue weighted by molar-refractivity contribution is 0.102. The smallest absolute Gasteiger partial charge is 0.262 e. The van der Waals surface area contributed by atoms with Crippen molar-refractivity contribution in [2.24, 2.45) is 0 Å². The van der Waals surface area contributed by atoms with Crippen molar-refractivity contribution in [1.82, 2.24) is 0 Å². The van der Waals surface area contributed by atoms with Crippen LogP contribution in [0.3, 0.4) is 0 Å². The summed E-state index contributed by atoms with van der Waals surface area (Å²) < 4.78 is 28.5. The molecule has 0 saturated carbocycles. The molecule has 0 aliphatic carbocycles. The van der Waals surface area contributed by atoms with Crippen LogP contribution in [0.5, 0.6) is 0 Å². The fourth-order valence-corrected chi connectivity index (χ4v) is 4.34. The molecule has 0 aromatic heterocycles. The monoisotopic (exact) mass is 408 g/mol. The van der Waals surface area contributed by atoms with Crippen molar-refractivity contribution in [2.45, 2.75) is 32.6 Å². The zero-order chi connectivity index (χ0) is 21.2. The number of rotatable bonds is 5. The molecule has 1 amide bonds. The number of anilines is 2. The number of hydrogen-bond donors (Lipinski definition) is 2. The van der Waals surface area contributed by atoms with Gasteiger partial charge in [0.15, 0.2) is 0 Å². The summed E-state index contributed by atoms with van der Waals surface area (Å²) in [6, 6.07) is 17.5. The lowest BCUT2D eigenvalue weighted by Gasteiger charge is -2.14. The molecule has 6 heteroatoms. The first-order chi connectivity index (χ1) is 13.7. The van der Waals surface area contributed by atoms with Crippen molar-refractivity contribution in [3.8, 4) is 0 Å². The molecular weight excluding hydrogens is 384 g/mol. The summed E-state index contributed by atoms with van der Waals surface area (Å²) in [7, 11) is -3.84. The molecule has 2 N–H and O–H groups in total. The first-order valence-corrected chi connectivity index (χ1v) is 10.7. The predicted molar refractivity (Wildman–Crippen MR) is 117 cm³/mol. The van der Waals surface area contributed by atoms with Crippen LogP contribution in [0.4, 0.5) is 11.4 Å². The predicted octanol–water partition coefficient (Wildman–Crippen LogP) is 4.97. The van der Waals surface area contributed by atoms with Crippen molar-refractivity contribution in [3.63, 3.8) is 0 Å². The Hall–Kier alpha value is -3.12. The van der Waals surface area contributed by atoms with Gasteiger partial charge in [0.25, 0.3) is 15.9 Å². The number of amides is 1. The highest BCUT2D eigenvalue weighted by molar-refractivity contribution is 7.92. The Morgan fingerprint density at radius 2 is 1.45 bits per heavy atom. The second-order valence-corrected chi connectivity index (χ2v) is 8.80. The number of aryl methyl sites for hydroxylation is 4. The summed E-state index contributed by atoms with van der Waals surface area (Å²) >= 11 is 0. The van der Waals surface area contributed by atoms with E-state index < -0.39 is 10.0 Å². The first-order valence-electron chi connectivity index (χ1n) is 9.25. The van der Waals surface area contributed by atoms with Gasteiger partial charge in [-0.3, -0.25) is 9.52 Å². The van der Waals surface area contributed by atoms with Crippen molar-refractivity contribution in [1.29, 1.82) is 0 Å². The molecule has 3 aromatic carbocycles. The van der Waals surface area contributed by atoms with Crippen molar-refractivity contribution < 1.29 is 13.2 Å². The van der Waals surface area contributed by atoms with Crippen LogP contribution in [0.15, 0.2) is 65.6 Å². The van der Waals surface area contributed by atoms with Gasteiger partial charge >= 0.3 is 0 Å². The Balaban J connectivity index is 1.89. The topological polar surface area (TPSA) is 75.3 Å². The average molecular weight is 409 g/mol. The Morgan fingerprint density at radius 1 is 0.759 bits per heavy atom. The number of benzene rings is 3. The fourth-order valence-electron chi connectivity index (χ4n) is 2.94. The van der Waals surface area contributed by atoms with E-state index in [2.05, 4.69) is 10.0 Å². The molecule has 0 atom stereocenters. The molecule has 29 heavy (non-hydrogen) atoms. The highest BCUT2D eigenvalue weighted by Gasteiger charge is 2.20. The van der Waals surface area contributed by atoms with E-state index in [0.29, 0.717) is 16.9 Å². The minimum absolute atomic E-state index is 0.0773. The molecular formula is C23H24N2O3S. The molecule has 3 aromatic rings. The molecule has 0 fully saturated rings. The zero-order valence-corrected chi connectivity index (χ0v) is 17.7. The molecule has 0 radical (unpaired) electrons. The van der Waals surface area contributed by atoms with E-state index in [-0.39, 0.29) is 16.4 Å². The van der Waals surface area contributed by atoms with E-state index in [9.17, 15) is 13.2 Å². The summed E-state index contributed by atoms with van der Waals surface area (Å²) in [6.45, 7) is 7.51. The highest BCUT2D eigenvalue weighted by Crippen LogP contribution is 2.23. The molecule has 0 saturated heterocycles. The van der Waals surface area contributed by atoms with E-state index >= 15 is 0 Å². The van der Waals surface area contributed by atoms with Gasteiger partial charge in [0.05, 0.1) is 10.6 Å². The summed E-state index contributed by atoms with van der Waals surface area (Å²) in [5.74, 6) is -0.361. The summed E-state index contributed by atoms with van der Waals surface area (Å²) in [6.07, 6.45) is 0. The number of carbonyl (C=O) groups excluding carboxylic acids is 1. The third-order valence-electron chi connectivity index (χ3n) is 4.89. The zero-order valence-electron chi connectivity index (χ0n) is 16.9. The van der Waals surface area contributed by atoms with Crippen LogP contribution in [-0.2, 0) is 10.0 Å². The maximum absolute atomic E-state index is 12.9. The Labute approximate surface area is 171 Å². The van der Waals surface area contributed by atoms with Crippen LogP contribution in [0, 0.1) is 27.7 Å². The Bertz CT molecular complexity index is 1180. The fraction of sp³-hybridized carbons (Fsp3) is 0.174. The van der Waals surface area contributed by atoms with Gasteiger partial charge in [-0.05, 0) is 80.3 Å². The first kappa shape index (κ1) is 20.6. The van der Waals surface area contributed by atoms with Crippen LogP contribution >= 0.6 is 0 Å². The van der Waals surface area contributed by atoms with Gasteiger partial charge in [-0.25, -0.2) is 8.42 Å². The third kappa shape index (κ3) is 4.66. The van der Waals surface area contributed by atoms with Crippen LogP contribution in [0.25, 0.3) is 0 Å². The highest BCUT2D eigenvalue weighted by atomic mass is 32.2. The van der Waals surface area contributed by atoms with Gasteiger partial charge in [-0.2, -0.15) is 0 Å². The number of sulfonamides is 1. The van der Waals surface area contributed by atoms with Crippen LogP contribution < -0.4 is 10.0 Å². The Kier molecular flexibility index (Phi) is 5.75. The van der Waals surface area contributed by atoms with E-state index in [4.69, 9.17) is 0 Å². The quantitative estimate of drug-likeness (QED) is 0.626. The van der Waals surface area contributed by atoms with Crippen LogP contribution in [0.2, 0.25) is 0 Å². The molecule has 0 aliphatic heterocycles. The van der Waals surface area contributed by atoms with Gasteiger partial charge in [0, 0.05) is 11.3 Å². The molecule has 0 aliphatic rings. The maximum atomic E-state index is 12.9. The lowest BCUT2D eigenvalue weighted by Crippen LogP contribution is -2.17. The number of hydrogen-bond acceptors (Lipinski definition) is 3. The Morgan fingerprint density at radius 3 is 2.14 bits per heavy atom. The summed E-state index contributed by atoms with van der Waals surface area (Å²) in [5, 5.41) is 2.83. The normalized spacial score (nSPS) is 11.2. The third-order valence-corrected chi connectivity index (χ3v) is 6.40. The van der Waals surface area contributed by atoms with Gasteiger partial charge in [-0.15, -0.1) is 0 Å². The number of carbonyl (C=O) groups is 1. The average Bonchev–Trinajstić information content (AvgIpc) is 2.66. The van der Waals surface area contributed by atoms with Gasteiger partial charge in [0.2, 0.25) is 0 Å². The van der Waals surface area contributed by atoms with Crippen molar-refractivity contribution >= 4 is 27.3 Å². The molecule has 0 spiro atoms. The SMILES string of the molecule is Cc1ccc(NC(=O)c2ccc(C)c(S(=O)(=O)Nc3ccccc3C)c2)cc1C. The largest absolute Gasteiger partial charge is 0.322 e. The molecule has 3 rings (SSSR count). The minimum atomic E-state index is -3.84. The van der Waals surface area contributed by atoms with E-state index in [1.165, 1.54) is 6.07 Å². The summed E-state index contributed by atoms with van der Waals surface area (Å²) in [5.41, 5.74) is 5.04. The number of nitrogens with one attached hydrogen (secondary N) is 2. The molecule has 150 valence electrons. The van der Waals surface area contributed by atoms with Crippen molar-refractivity contribution in [2.75, 3.05) is 10.0 Å². The molecule has 0 heterocycles. The second-order valence-electron chi connectivity index (χ2n) is 7.15. The number of para-hydroxylation sites is 1. The van der Waals surface area contributed by atoms with E-state index in [0.717, 1.165) is 16.7 Å². The van der Waals surface area contributed by atoms with Gasteiger partial charge in [0.1, 0.15) is 0 Å². The standard InChI is InChI=1S/C23H24N2O3S/c1-15-10-12-20(13-18(15)4)24-23(26)19-11-9-17(3)22(14-19)29(27,28)25-21-8-6-5-7-16(21)2/h5-14,25H,1-4H3,(H,24,26). The summed E-state index contributed by atoms with van der Waals surface area (Å²) in [4.78, 5) is 12.8. The maximum Gasteiger partial charge on any atom is 0.262 e. The van der Waals surface area contributed by atoms with E-state index in [1.807, 2.05) is 51.1 Å². The van der Waals surface area contributed by atoms with Gasteiger partial charge < -0.3 is 5.32 Å². The molecule has 0 unspecified atom stereocenters. The van der Waals surface area contributed by atoms with Crippen LogP contribution in [-0.4, -0.2) is 14.3 Å². The molecule has 0 bridgehead atoms. The lowest BCUT2D eigenvalue weighted by atomic mass is 10.1. The van der Waals surface area contributed by atoms with Crippen molar-refractivity contribution in [3.05, 3.63) is 88.5 Å². The van der Waals surface area contributed by atoms with Crippen LogP contribution in [0.1, 0.15) is 32.6 Å². The second kappa shape index (κ2) is 8.09.